The van der Waals surface area contributed by atoms with Crippen molar-refractivity contribution in [2.75, 3.05) is 33.3 Å². The zero-order chi connectivity index (χ0) is 11.2. The third-order valence-corrected chi connectivity index (χ3v) is 3.02. The van der Waals surface area contributed by atoms with Crippen LogP contribution in [0.4, 0.5) is 0 Å². The number of rotatable bonds is 6. The molecule has 0 aromatic heterocycles. The molecule has 1 aliphatic rings. The summed E-state index contributed by atoms with van der Waals surface area (Å²) < 4.78 is 5.20. The fourth-order valence-electron chi connectivity index (χ4n) is 1.86. The lowest BCUT2D eigenvalue weighted by atomic mass is 10.0. The predicted octanol–water partition coefficient (Wildman–Crippen LogP) is 1.05. The van der Waals surface area contributed by atoms with Gasteiger partial charge in [0.15, 0.2) is 0 Å². The van der Waals surface area contributed by atoms with Gasteiger partial charge in [0.25, 0.3) is 0 Å². The van der Waals surface area contributed by atoms with Crippen LogP contribution in [0.25, 0.3) is 0 Å². The molecule has 0 unspecified atom stereocenters. The van der Waals surface area contributed by atoms with Gasteiger partial charge in [-0.15, -0.1) is 0 Å². The Morgan fingerprint density at radius 2 is 2.31 bits per heavy atom. The van der Waals surface area contributed by atoms with Crippen LogP contribution in [-0.2, 0) is 6.42 Å². The van der Waals surface area contributed by atoms with Crippen molar-refractivity contribution in [3.05, 3.63) is 29.8 Å². The monoisotopic (exact) mass is 220 g/mol. The zero-order valence-corrected chi connectivity index (χ0v) is 9.83. The Labute approximate surface area is 97.2 Å². The molecule has 0 spiro atoms. The number of hydrogen-bond donors (Lipinski definition) is 2. The SMILES string of the molecule is COc1cccc(CCNCC2CNC2)c1. The minimum Gasteiger partial charge on any atom is -0.497 e. The largest absolute Gasteiger partial charge is 0.497 e. The lowest BCUT2D eigenvalue weighted by Gasteiger charge is -2.27. The molecule has 16 heavy (non-hydrogen) atoms. The van der Waals surface area contributed by atoms with Crippen molar-refractivity contribution in [1.29, 1.82) is 0 Å². The third kappa shape index (κ3) is 3.22. The molecule has 3 nitrogen and oxygen atoms in total. The Bertz CT molecular complexity index is 323. The smallest absolute Gasteiger partial charge is 0.119 e. The summed E-state index contributed by atoms with van der Waals surface area (Å²) in [6, 6.07) is 8.28. The molecule has 1 aliphatic heterocycles. The molecule has 1 aromatic rings. The molecule has 0 atom stereocenters. The van der Waals surface area contributed by atoms with Gasteiger partial charge in [0.1, 0.15) is 5.75 Å². The third-order valence-electron chi connectivity index (χ3n) is 3.02. The van der Waals surface area contributed by atoms with Crippen molar-refractivity contribution < 1.29 is 4.74 Å². The van der Waals surface area contributed by atoms with Gasteiger partial charge in [0, 0.05) is 19.6 Å². The van der Waals surface area contributed by atoms with Crippen molar-refractivity contribution in [3.63, 3.8) is 0 Å². The molecular formula is C13H20N2O. The van der Waals surface area contributed by atoms with E-state index in [9.17, 15) is 0 Å². The standard InChI is InChI=1S/C13H20N2O/c1-16-13-4-2-3-11(7-13)5-6-14-8-12-9-15-10-12/h2-4,7,12,14-15H,5-6,8-10H2,1H3. The maximum atomic E-state index is 5.20. The highest BCUT2D eigenvalue weighted by Gasteiger charge is 2.15. The topological polar surface area (TPSA) is 33.3 Å². The number of hydrogen-bond acceptors (Lipinski definition) is 3. The summed E-state index contributed by atoms with van der Waals surface area (Å²) in [7, 11) is 1.71. The molecule has 1 aromatic carbocycles. The first kappa shape index (κ1) is 11.4. The van der Waals surface area contributed by atoms with Crippen LogP contribution in [-0.4, -0.2) is 33.3 Å². The molecule has 0 aliphatic carbocycles. The molecule has 3 heteroatoms. The summed E-state index contributed by atoms with van der Waals surface area (Å²) in [6.07, 6.45) is 1.07. The van der Waals surface area contributed by atoms with E-state index in [1.54, 1.807) is 7.11 Å². The minimum atomic E-state index is 0.838. The Balaban J connectivity index is 1.67. The summed E-state index contributed by atoms with van der Waals surface area (Å²) in [5.41, 5.74) is 1.33. The van der Waals surface area contributed by atoms with Crippen LogP contribution in [0.5, 0.6) is 5.75 Å². The van der Waals surface area contributed by atoms with Gasteiger partial charge in [-0.1, -0.05) is 12.1 Å². The first-order valence-corrected chi connectivity index (χ1v) is 5.93. The van der Waals surface area contributed by atoms with Crippen LogP contribution in [0.1, 0.15) is 5.56 Å². The summed E-state index contributed by atoms with van der Waals surface area (Å²) in [6.45, 7) is 4.53. The van der Waals surface area contributed by atoms with Crippen LogP contribution >= 0.6 is 0 Å². The van der Waals surface area contributed by atoms with E-state index in [2.05, 4.69) is 22.8 Å². The first-order chi connectivity index (χ1) is 7.88. The second kappa shape index (κ2) is 5.87. The Morgan fingerprint density at radius 3 is 3.00 bits per heavy atom. The number of methoxy groups -OCH3 is 1. The summed E-state index contributed by atoms with van der Waals surface area (Å²) in [5, 5.41) is 6.77. The molecule has 2 N–H and O–H groups in total. The molecule has 2 rings (SSSR count). The highest BCUT2D eigenvalue weighted by Crippen LogP contribution is 2.12. The summed E-state index contributed by atoms with van der Waals surface area (Å²) in [4.78, 5) is 0. The molecule has 0 amide bonds. The summed E-state index contributed by atoms with van der Waals surface area (Å²) >= 11 is 0. The summed E-state index contributed by atoms with van der Waals surface area (Å²) in [5.74, 6) is 1.78. The van der Waals surface area contributed by atoms with E-state index in [0.717, 1.165) is 31.2 Å². The Kier molecular flexibility index (Phi) is 4.19. The molecular weight excluding hydrogens is 200 g/mol. The van der Waals surface area contributed by atoms with E-state index in [4.69, 9.17) is 4.74 Å². The van der Waals surface area contributed by atoms with E-state index < -0.39 is 0 Å². The van der Waals surface area contributed by atoms with Gasteiger partial charge in [0.2, 0.25) is 0 Å². The van der Waals surface area contributed by atoms with Crippen LogP contribution < -0.4 is 15.4 Å². The van der Waals surface area contributed by atoms with Gasteiger partial charge in [0.05, 0.1) is 7.11 Å². The average Bonchev–Trinajstić information content (AvgIpc) is 2.27. The van der Waals surface area contributed by atoms with Crippen LogP contribution in [0, 0.1) is 5.92 Å². The zero-order valence-electron chi connectivity index (χ0n) is 9.83. The second-order valence-electron chi connectivity index (χ2n) is 4.33. The van der Waals surface area contributed by atoms with E-state index in [-0.39, 0.29) is 0 Å². The highest BCUT2D eigenvalue weighted by molar-refractivity contribution is 5.28. The maximum absolute atomic E-state index is 5.20. The van der Waals surface area contributed by atoms with E-state index in [0.29, 0.717) is 0 Å². The van der Waals surface area contributed by atoms with Gasteiger partial charge >= 0.3 is 0 Å². The lowest BCUT2D eigenvalue weighted by Crippen LogP contribution is -2.47. The predicted molar refractivity (Wildman–Crippen MR) is 65.9 cm³/mol. The van der Waals surface area contributed by atoms with Crippen LogP contribution in [0.3, 0.4) is 0 Å². The Morgan fingerprint density at radius 1 is 1.44 bits per heavy atom. The highest BCUT2D eigenvalue weighted by atomic mass is 16.5. The van der Waals surface area contributed by atoms with Crippen molar-refractivity contribution in [2.24, 2.45) is 5.92 Å². The molecule has 0 radical (unpaired) electrons. The van der Waals surface area contributed by atoms with Crippen molar-refractivity contribution in [1.82, 2.24) is 10.6 Å². The molecule has 1 saturated heterocycles. The number of benzene rings is 1. The van der Waals surface area contributed by atoms with E-state index in [1.807, 2.05) is 12.1 Å². The Hall–Kier alpha value is -1.06. The van der Waals surface area contributed by atoms with E-state index >= 15 is 0 Å². The van der Waals surface area contributed by atoms with Gasteiger partial charge in [-0.2, -0.15) is 0 Å². The quantitative estimate of drug-likeness (QED) is 0.703. The van der Waals surface area contributed by atoms with Gasteiger partial charge in [-0.25, -0.2) is 0 Å². The fraction of sp³-hybridized carbons (Fsp3) is 0.538. The van der Waals surface area contributed by atoms with Crippen molar-refractivity contribution in [3.8, 4) is 5.75 Å². The minimum absolute atomic E-state index is 0.838. The molecule has 88 valence electrons. The molecule has 0 bridgehead atoms. The van der Waals surface area contributed by atoms with E-state index in [1.165, 1.54) is 18.7 Å². The van der Waals surface area contributed by atoms with Gasteiger partial charge < -0.3 is 15.4 Å². The normalized spacial score (nSPS) is 15.8. The van der Waals surface area contributed by atoms with Crippen molar-refractivity contribution in [2.45, 2.75) is 6.42 Å². The molecule has 0 saturated carbocycles. The van der Waals surface area contributed by atoms with Gasteiger partial charge in [-0.3, -0.25) is 0 Å². The fourth-order valence-corrected chi connectivity index (χ4v) is 1.86. The maximum Gasteiger partial charge on any atom is 0.119 e. The first-order valence-electron chi connectivity index (χ1n) is 5.93. The number of nitrogens with one attached hydrogen (secondary N) is 2. The number of ether oxygens (including phenoxy) is 1. The van der Waals surface area contributed by atoms with Crippen molar-refractivity contribution >= 4 is 0 Å². The average molecular weight is 220 g/mol. The van der Waals surface area contributed by atoms with Crippen LogP contribution in [0.15, 0.2) is 24.3 Å². The molecule has 1 heterocycles. The van der Waals surface area contributed by atoms with Gasteiger partial charge in [-0.05, 0) is 36.6 Å². The lowest BCUT2D eigenvalue weighted by molar-refractivity contribution is 0.333. The second-order valence-corrected chi connectivity index (χ2v) is 4.33. The van der Waals surface area contributed by atoms with Crippen LogP contribution in [0.2, 0.25) is 0 Å². The molecule has 1 fully saturated rings.